The lowest BCUT2D eigenvalue weighted by molar-refractivity contribution is -0.114. The molecule has 1 aromatic carbocycles. The van der Waals surface area contributed by atoms with Crippen LogP contribution in [0.2, 0.25) is 0 Å². The molecule has 0 radical (unpaired) electrons. The largest absolute Gasteiger partial charge is 0.508 e. The maximum Gasteiger partial charge on any atom is 0.342 e. The number of carbonyl (C=O) groups excluding carboxylic acids is 2. The number of benzene rings is 1. The van der Waals surface area contributed by atoms with Gasteiger partial charge < -0.3 is 14.9 Å². The summed E-state index contributed by atoms with van der Waals surface area (Å²) in [5.74, 6) is -1.50. The van der Waals surface area contributed by atoms with Gasteiger partial charge in [0.15, 0.2) is 5.78 Å². The molecule has 1 aliphatic rings. The van der Waals surface area contributed by atoms with Gasteiger partial charge in [-0.2, -0.15) is 0 Å². The predicted octanol–water partition coefficient (Wildman–Crippen LogP) is 2.66. The molecule has 5 nitrogen and oxygen atoms in total. The first-order chi connectivity index (χ1) is 10.6. The highest BCUT2D eigenvalue weighted by Gasteiger charge is 2.20. The Balaban J connectivity index is 2.36. The van der Waals surface area contributed by atoms with E-state index in [0.29, 0.717) is 6.42 Å². The number of carbonyl (C=O) groups is 2. The lowest BCUT2D eigenvalue weighted by Gasteiger charge is -2.11. The Morgan fingerprint density at radius 2 is 1.68 bits per heavy atom. The van der Waals surface area contributed by atoms with Crippen LogP contribution in [0.5, 0.6) is 11.5 Å². The van der Waals surface area contributed by atoms with Crippen LogP contribution in [0.3, 0.4) is 0 Å². The van der Waals surface area contributed by atoms with E-state index in [1.807, 2.05) is 12.2 Å². The molecule has 116 valence electrons. The Morgan fingerprint density at radius 3 is 2.50 bits per heavy atom. The highest BCUT2D eigenvalue weighted by atomic mass is 16.5. The number of allylic oxidation sites excluding steroid dienone is 3. The summed E-state index contributed by atoms with van der Waals surface area (Å²) in [5, 5.41) is 19.5. The molecule has 1 heterocycles. The normalized spacial score (nSPS) is 19.6. The van der Waals surface area contributed by atoms with E-state index in [4.69, 9.17) is 4.74 Å². The molecule has 0 spiro atoms. The molecular formula is C17H18O5. The van der Waals surface area contributed by atoms with Crippen molar-refractivity contribution in [3.63, 3.8) is 0 Å². The first-order valence-corrected chi connectivity index (χ1v) is 7.14. The number of phenolic OH excluding ortho intramolecular Hbond substituents is 2. The summed E-state index contributed by atoms with van der Waals surface area (Å²) in [4.78, 5) is 24.0. The Morgan fingerprint density at radius 1 is 0.955 bits per heavy atom. The molecule has 1 aromatic rings. The average Bonchev–Trinajstić information content (AvgIpc) is 2.44. The first kappa shape index (κ1) is 15.8. The Labute approximate surface area is 128 Å². The molecule has 0 amide bonds. The molecule has 0 unspecified atom stereocenters. The van der Waals surface area contributed by atoms with Crippen LogP contribution in [-0.4, -0.2) is 28.6 Å². The zero-order chi connectivity index (χ0) is 15.9. The monoisotopic (exact) mass is 302 g/mol. The Kier molecular flexibility index (Phi) is 5.36. The number of hydrogen-bond donors (Lipinski definition) is 2. The van der Waals surface area contributed by atoms with Crippen molar-refractivity contribution >= 4 is 11.8 Å². The van der Waals surface area contributed by atoms with Crippen molar-refractivity contribution in [2.24, 2.45) is 0 Å². The Bertz CT molecular complexity index is 628. The van der Waals surface area contributed by atoms with Crippen molar-refractivity contribution in [2.45, 2.75) is 25.7 Å². The van der Waals surface area contributed by atoms with Crippen molar-refractivity contribution in [1.82, 2.24) is 0 Å². The van der Waals surface area contributed by atoms with Crippen LogP contribution in [-0.2, 0) is 16.0 Å². The van der Waals surface area contributed by atoms with E-state index < -0.39 is 5.97 Å². The first-order valence-electron chi connectivity index (χ1n) is 7.14. The van der Waals surface area contributed by atoms with Gasteiger partial charge in [-0.1, -0.05) is 18.2 Å². The maximum atomic E-state index is 12.1. The quantitative estimate of drug-likeness (QED) is 0.568. The van der Waals surface area contributed by atoms with Gasteiger partial charge in [0.2, 0.25) is 0 Å². The third-order valence-electron chi connectivity index (χ3n) is 3.24. The summed E-state index contributed by atoms with van der Waals surface area (Å²) in [6.07, 6.45) is 9.18. The zero-order valence-electron chi connectivity index (χ0n) is 12.1. The molecule has 22 heavy (non-hydrogen) atoms. The predicted molar refractivity (Wildman–Crippen MR) is 80.9 cm³/mol. The third-order valence-corrected chi connectivity index (χ3v) is 3.24. The van der Waals surface area contributed by atoms with E-state index in [2.05, 4.69) is 0 Å². The number of hydrogen-bond acceptors (Lipinski definition) is 5. The number of cyclic esters (lactones) is 1. The van der Waals surface area contributed by atoms with E-state index in [9.17, 15) is 19.8 Å². The molecule has 2 N–H and O–H groups in total. The lowest BCUT2D eigenvalue weighted by Crippen LogP contribution is -2.12. The third kappa shape index (κ3) is 4.22. The van der Waals surface area contributed by atoms with Gasteiger partial charge in [-0.25, -0.2) is 4.79 Å². The topological polar surface area (TPSA) is 83.8 Å². The second kappa shape index (κ2) is 7.45. The fraction of sp³-hybridized carbons (Fsp3) is 0.294. The maximum absolute atomic E-state index is 12.1. The molecule has 0 atom stereocenters. The van der Waals surface area contributed by atoms with Crippen LogP contribution in [0.1, 0.15) is 35.2 Å². The standard InChI is InChI=1S/C17H18O5/c18-13-7-5-3-1-2-4-6-8-22-17(21)16-12(9-13)10-14(19)11-15(16)20/h2,4-5,7,10-11,19-20H,1,3,6,8-9H2/b4-2+,7-5+. The lowest BCUT2D eigenvalue weighted by atomic mass is 10.00. The van der Waals surface area contributed by atoms with Crippen molar-refractivity contribution in [2.75, 3.05) is 6.61 Å². The fourth-order valence-electron chi connectivity index (χ4n) is 2.23. The van der Waals surface area contributed by atoms with Crippen LogP contribution in [0.15, 0.2) is 36.4 Å². The van der Waals surface area contributed by atoms with Crippen LogP contribution in [0, 0.1) is 0 Å². The molecule has 0 aliphatic carbocycles. The van der Waals surface area contributed by atoms with Gasteiger partial charge in [-0.05, 0) is 37.0 Å². The van der Waals surface area contributed by atoms with E-state index in [1.165, 1.54) is 12.1 Å². The van der Waals surface area contributed by atoms with Crippen LogP contribution in [0.4, 0.5) is 0 Å². The van der Waals surface area contributed by atoms with Crippen LogP contribution >= 0.6 is 0 Å². The van der Waals surface area contributed by atoms with Crippen molar-refractivity contribution in [1.29, 1.82) is 0 Å². The summed E-state index contributed by atoms with van der Waals surface area (Å²) >= 11 is 0. The SMILES string of the molecule is O=C1/C=C/CC/C=C/CCOC(=O)c2c(O)cc(O)cc2C1. The van der Waals surface area contributed by atoms with Gasteiger partial charge in [-0.15, -0.1) is 0 Å². The molecule has 5 heteroatoms. The van der Waals surface area contributed by atoms with Gasteiger partial charge in [0.25, 0.3) is 0 Å². The summed E-state index contributed by atoms with van der Waals surface area (Å²) in [6.45, 7) is 0.193. The Hall–Kier alpha value is -2.56. The minimum atomic E-state index is -0.699. The number of fused-ring (bicyclic) bond motifs is 1. The summed E-state index contributed by atoms with van der Waals surface area (Å²) in [6, 6.07) is 2.36. The molecular weight excluding hydrogens is 284 g/mol. The highest BCUT2D eigenvalue weighted by molar-refractivity contribution is 5.98. The van der Waals surface area contributed by atoms with E-state index in [1.54, 1.807) is 6.08 Å². The molecule has 0 bridgehead atoms. The molecule has 1 aliphatic heterocycles. The smallest absolute Gasteiger partial charge is 0.342 e. The summed E-state index contributed by atoms with van der Waals surface area (Å²) < 4.78 is 5.11. The summed E-state index contributed by atoms with van der Waals surface area (Å²) in [5.41, 5.74) is 0.186. The van der Waals surface area contributed by atoms with E-state index in [-0.39, 0.29) is 41.4 Å². The highest BCUT2D eigenvalue weighted by Crippen LogP contribution is 2.28. The summed E-state index contributed by atoms with van der Waals surface area (Å²) in [7, 11) is 0. The van der Waals surface area contributed by atoms with Crippen molar-refractivity contribution in [3.05, 3.63) is 47.6 Å². The second-order valence-electron chi connectivity index (χ2n) is 5.02. The van der Waals surface area contributed by atoms with Gasteiger partial charge in [-0.3, -0.25) is 4.79 Å². The zero-order valence-corrected chi connectivity index (χ0v) is 12.1. The minimum absolute atomic E-state index is 0.0689. The van der Waals surface area contributed by atoms with Crippen LogP contribution < -0.4 is 0 Å². The van der Waals surface area contributed by atoms with Gasteiger partial charge in [0.1, 0.15) is 17.1 Å². The number of ketones is 1. The van der Waals surface area contributed by atoms with Gasteiger partial charge in [0.05, 0.1) is 6.61 Å². The molecule has 2 rings (SSSR count). The van der Waals surface area contributed by atoms with Gasteiger partial charge >= 0.3 is 5.97 Å². The number of ether oxygens (including phenoxy) is 1. The van der Waals surface area contributed by atoms with Crippen LogP contribution in [0.25, 0.3) is 0 Å². The fourth-order valence-corrected chi connectivity index (χ4v) is 2.23. The van der Waals surface area contributed by atoms with Gasteiger partial charge in [0, 0.05) is 12.5 Å². The number of aromatic hydroxyl groups is 2. The number of rotatable bonds is 0. The van der Waals surface area contributed by atoms with Crippen molar-refractivity contribution in [3.8, 4) is 11.5 Å². The minimum Gasteiger partial charge on any atom is -0.508 e. The average molecular weight is 302 g/mol. The van der Waals surface area contributed by atoms with E-state index >= 15 is 0 Å². The number of esters is 1. The second-order valence-corrected chi connectivity index (χ2v) is 5.02. The molecule has 0 aromatic heterocycles. The molecule has 0 saturated carbocycles. The van der Waals surface area contributed by atoms with E-state index in [0.717, 1.165) is 18.9 Å². The molecule has 0 fully saturated rings. The molecule has 0 saturated heterocycles. The number of phenols is 2. The van der Waals surface area contributed by atoms with Crippen molar-refractivity contribution < 1.29 is 24.5 Å².